The molecular weight excluding hydrogens is 336 g/mol. The van der Waals surface area contributed by atoms with Gasteiger partial charge in [-0.1, -0.05) is 13.8 Å². The first kappa shape index (κ1) is 15.9. The number of aryl methyl sites for hydroxylation is 1. The average Bonchev–Trinajstić information content (AvgIpc) is 3.15. The quantitative estimate of drug-likeness (QED) is 0.699. The summed E-state index contributed by atoms with van der Waals surface area (Å²) in [5, 5.41) is 10.1. The maximum atomic E-state index is 12.9. The largest absolute Gasteiger partial charge is 0.368 e. The minimum atomic E-state index is -0.251. The fourth-order valence-corrected chi connectivity index (χ4v) is 4.17. The van der Waals surface area contributed by atoms with Crippen molar-refractivity contribution in [2.45, 2.75) is 39.0 Å². The standard InChI is InChI=1S/C17H18N6OS/c1-8-7-25-11(20-8)4-10(24)14-12-15(23-22-14)13-9(5-17(12,2)3)6-19-16(18)21-13/h6-7H,4-5H2,1-3H3,(H,22,23)(H2,18,19,21). The minimum absolute atomic E-state index is 0.0124. The van der Waals surface area contributed by atoms with Crippen molar-refractivity contribution in [1.82, 2.24) is 25.1 Å². The number of aromatic nitrogens is 5. The zero-order chi connectivity index (χ0) is 17.8. The molecule has 0 amide bonds. The highest BCUT2D eigenvalue weighted by molar-refractivity contribution is 7.09. The fraction of sp³-hybridized carbons (Fsp3) is 0.353. The molecule has 0 fully saturated rings. The second-order valence-electron chi connectivity index (χ2n) is 6.97. The summed E-state index contributed by atoms with van der Waals surface area (Å²) in [5.41, 5.74) is 10.3. The number of nitrogens with one attached hydrogen (secondary N) is 1. The van der Waals surface area contributed by atoms with Crippen LogP contribution in [-0.4, -0.2) is 30.9 Å². The molecule has 0 saturated carbocycles. The Morgan fingerprint density at radius 2 is 2.16 bits per heavy atom. The Hall–Kier alpha value is -2.61. The average molecular weight is 354 g/mol. The Balaban J connectivity index is 1.79. The van der Waals surface area contributed by atoms with Gasteiger partial charge in [-0.3, -0.25) is 9.89 Å². The molecule has 0 aliphatic heterocycles. The van der Waals surface area contributed by atoms with Crippen LogP contribution in [0.2, 0.25) is 0 Å². The normalized spacial score (nSPS) is 14.8. The van der Waals surface area contributed by atoms with Crippen LogP contribution in [0.25, 0.3) is 11.4 Å². The Kier molecular flexibility index (Phi) is 3.47. The first-order valence-electron chi connectivity index (χ1n) is 8.00. The number of Topliss-reactive ketones (excluding diaryl/α,β-unsaturated/α-hetero) is 1. The molecule has 128 valence electrons. The molecule has 3 aromatic heterocycles. The zero-order valence-corrected chi connectivity index (χ0v) is 15.1. The number of nitrogens with zero attached hydrogens (tertiary/aromatic N) is 4. The van der Waals surface area contributed by atoms with E-state index in [1.54, 1.807) is 6.20 Å². The predicted octanol–water partition coefficient (Wildman–Crippen LogP) is 2.47. The van der Waals surface area contributed by atoms with Crippen LogP contribution in [0.4, 0.5) is 5.95 Å². The van der Waals surface area contributed by atoms with Crippen LogP contribution in [0, 0.1) is 6.92 Å². The lowest BCUT2D eigenvalue weighted by Gasteiger charge is -2.30. The van der Waals surface area contributed by atoms with E-state index in [0.717, 1.165) is 28.2 Å². The highest BCUT2D eigenvalue weighted by atomic mass is 32.1. The number of carbonyl (C=O) groups excluding carboxylic acids is 1. The van der Waals surface area contributed by atoms with E-state index in [0.29, 0.717) is 17.1 Å². The highest BCUT2D eigenvalue weighted by Gasteiger charge is 2.38. The van der Waals surface area contributed by atoms with Crippen molar-refractivity contribution in [2.75, 3.05) is 5.73 Å². The molecule has 1 aliphatic carbocycles. The predicted molar refractivity (Wildman–Crippen MR) is 95.6 cm³/mol. The molecule has 3 aromatic rings. The lowest BCUT2D eigenvalue weighted by atomic mass is 9.73. The number of fused-ring (bicyclic) bond motifs is 3. The van der Waals surface area contributed by atoms with Crippen molar-refractivity contribution in [1.29, 1.82) is 0 Å². The van der Waals surface area contributed by atoms with Gasteiger partial charge in [0.15, 0.2) is 5.78 Å². The van der Waals surface area contributed by atoms with Gasteiger partial charge in [0, 0.05) is 22.8 Å². The second-order valence-corrected chi connectivity index (χ2v) is 7.91. The topological polar surface area (TPSA) is 110 Å². The summed E-state index contributed by atoms with van der Waals surface area (Å²) in [5.74, 6) is 0.195. The molecule has 4 rings (SSSR count). The number of H-pyrrole nitrogens is 1. The molecule has 0 unspecified atom stereocenters. The number of rotatable bonds is 3. The maximum absolute atomic E-state index is 12.9. The third-order valence-corrected chi connectivity index (χ3v) is 5.41. The van der Waals surface area contributed by atoms with Crippen molar-refractivity contribution in [3.8, 4) is 11.4 Å². The first-order valence-corrected chi connectivity index (χ1v) is 8.88. The van der Waals surface area contributed by atoms with Gasteiger partial charge >= 0.3 is 0 Å². The van der Waals surface area contributed by atoms with Gasteiger partial charge in [-0.25, -0.2) is 15.0 Å². The Morgan fingerprint density at radius 1 is 1.36 bits per heavy atom. The van der Waals surface area contributed by atoms with Crippen LogP contribution in [0.5, 0.6) is 0 Å². The number of hydrogen-bond acceptors (Lipinski definition) is 7. The number of thiazole rings is 1. The summed E-state index contributed by atoms with van der Waals surface area (Å²) in [6, 6.07) is 0. The van der Waals surface area contributed by atoms with E-state index in [-0.39, 0.29) is 23.6 Å². The van der Waals surface area contributed by atoms with Gasteiger partial charge in [-0.05, 0) is 24.3 Å². The minimum Gasteiger partial charge on any atom is -0.368 e. The number of aromatic amines is 1. The van der Waals surface area contributed by atoms with E-state index in [1.165, 1.54) is 11.3 Å². The maximum Gasteiger partial charge on any atom is 0.220 e. The Morgan fingerprint density at radius 3 is 2.88 bits per heavy atom. The van der Waals surface area contributed by atoms with Crippen LogP contribution >= 0.6 is 11.3 Å². The van der Waals surface area contributed by atoms with E-state index in [1.807, 2.05) is 12.3 Å². The molecule has 3 heterocycles. The van der Waals surface area contributed by atoms with Gasteiger partial charge < -0.3 is 5.73 Å². The lowest BCUT2D eigenvalue weighted by molar-refractivity contribution is 0.0986. The van der Waals surface area contributed by atoms with Crippen molar-refractivity contribution in [3.05, 3.63) is 39.1 Å². The third-order valence-electron chi connectivity index (χ3n) is 4.44. The van der Waals surface area contributed by atoms with Gasteiger partial charge in [0.2, 0.25) is 5.95 Å². The van der Waals surface area contributed by atoms with Gasteiger partial charge in [0.1, 0.15) is 16.4 Å². The summed E-state index contributed by atoms with van der Waals surface area (Å²) < 4.78 is 0. The summed E-state index contributed by atoms with van der Waals surface area (Å²) in [4.78, 5) is 25.7. The lowest BCUT2D eigenvalue weighted by Crippen LogP contribution is -2.28. The molecule has 0 spiro atoms. The van der Waals surface area contributed by atoms with Crippen LogP contribution < -0.4 is 5.73 Å². The molecule has 0 atom stereocenters. The molecular formula is C17H18N6OS. The number of nitrogen functional groups attached to an aromatic ring is 1. The van der Waals surface area contributed by atoms with E-state index in [4.69, 9.17) is 5.73 Å². The molecule has 0 aromatic carbocycles. The van der Waals surface area contributed by atoms with E-state index < -0.39 is 0 Å². The zero-order valence-electron chi connectivity index (χ0n) is 14.3. The summed E-state index contributed by atoms with van der Waals surface area (Å²) in [6.07, 6.45) is 2.74. The number of hydrogen-bond donors (Lipinski definition) is 2. The molecule has 3 N–H and O–H groups in total. The van der Waals surface area contributed by atoms with Gasteiger partial charge in [-0.15, -0.1) is 11.3 Å². The molecule has 0 radical (unpaired) electrons. The molecule has 1 aliphatic rings. The summed E-state index contributed by atoms with van der Waals surface area (Å²) in [6.45, 7) is 6.13. The molecule has 7 nitrogen and oxygen atoms in total. The first-order chi connectivity index (χ1) is 11.8. The monoisotopic (exact) mass is 354 g/mol. The molecule has 25 heavy (non-hydrogen) atoms. The van der Waals surface area contributed by atoms with E-state index in [9.17, 15) is 4.79 Å². The van der Waals surface area contributed by atoms with Crippen molar-refractivity contribution < 1.29 is 4.79 Å². The summed E-state index contributed by atoms with van der Waals surface area (Å²) in [7, 11) is 0. The van der Waals surface area contributed by atoms with Gasteiger partial charge in [-0.2, -0.15) is 5.10 Å². The fourth-order valence-electron chi connectivity index (χ4n) is 3.40. The van der Waals surface area contributed by atoms with Gasteiger partial charge in [0.05, 0.1) is 12.1 Å². The Bertz CT molecular complexity index is 987. The molecule has 0 bridgehead atoms. The molecule has 8 heteroatoms. The van der Waals surface area contributed by atoms with Crippen molar-refractivity contribution in [2.24, 2.45) is 0 Å². The van der Waals surface area contributed by atoms with Crippen LogP contribution in [-0.2, 0) is 18.3 Å². The number of ketones is 1. The number of anilines is 1. The number of carbonyl (C=O) groups is 1. The van der Waals surface area contributed by atoms with Crippen molar-refractivity contribution in [3.63, 3.8) is 0 Å². The second kappa shape index (κ2) is 5.45. The van der Waals surface area contributed by atoms with Crippen LogP contribution in [0.3, 0.4) is 0 Å². The van der Waals surface area contributed by atoms with Crippen molar-refractivity contribution >= 4 is 23.1 Å². The Labute approximate surface area is 148 Å². The third kappa shape index (κ3) is 2.62. The smallest absolute Gasteiger partial charge is 0.220 e. The number of nitrogens with two attached hydrogens (primary N) is 1. The van der Waals surface area contributed by atoms with Crippen LogP contribution in [0.15, 0.2) is 11.6 Å². The van der Waals surface area contributed by atoms with Gasteiger partial charge in [0.25, 0.3) is 0 Å². The van der Waals surface area contributed by atoms with E-state index >= 15 is 0 Å². The SMILES string of the molecule is Cc1csc(CC(=O)c2[nH]nc3c2C(C)(C)Cc2cnc(N)nc2-3)n1. The van der Waals surface area contributed by atoms with Crippen LogP contribution in [0.1, 0.15) is 46.2 Å². The van der Waals surface area contributed by atoms with E-state index in [2.05, 4.69) is 39.0 Å². The summed E-state index contributed by atoms with van der Waals surface area (Å²) >= 11 is 1.50. The highest BCUT2D eigenvalue weighted by Crippen LogP contribution is 2.42. The molecule has 0 saturated heterocycles.